The Labute approximate surface area is 161 Å². The molecule has 5 nitrogen and oxygen atoms in total. The van der Waals surface area contributed by atoms with Gasteiger partial charge in [-0.3, -0.25) is 9.69 Å². The van der Waals surface area contributed by atoms with Crippen LogP contribution < -0.4 is 5.32 Å². The molecule has 3 rings (SSSR count). The summed E-state index contributed by atoms with van der Waals surface area (Å²) >= 11 is 0. The third kappa shape index (κ3) is 3.38. The predicted octanol–water partition coefficient (Wildman–Crippen LogP) is 3.76. The molecule has 3 amide bonds. The summed E-state index contributed by atoms with van der Waals surface area (Å²) in [5, 5.41) is 3.07. The smallest absolute Gasteiger partial charge is 0.322 e. The Balaban J connectivity index is 2.07. The zero-order valence-corrected chi connectivity index (χ0v) is 16.8. The molecule has 1 aromatic carbocycles. The Kier molecular flexibility index (Phi) is 5.40. The van der Waals surface area contributed by atoms with Crippen LogP contribution in [0.4, 0.5) is 4.79 Å². The SMILES string of the molecule is C=CCN1C(=O)N[C@H](c2cc(C)c(C)cc2C)C2=C1CN(CCCC)C2=O. The minimum Gasteiger partial charge on any atom is -0.333 e. The van der Waals surface area contributed by atoms with Gasteiger partial charge >= 0.3 is 6.03 Å². The molecule has 144 valence electrons. The Morgan fingerprint density at radius 1 is 1.19 bits per heavy atom. The van der Waals surface area contributed by atoms with Crippen molar-refractivity contribution < 1.29 is 9.59 Å². The standard InChI is InChI=1S/C22H29N3O2/c1-6-8-10-24-13-18-19(21(24)26)20(23-22(27)25(18)9-7-2)17-12-15(4)14(3)11-16(17)5/h7,11-12,20H,2,6,8-10,13H2,1,3-5H3,(H,23,27)/t20-/m1/s1. The van der Waals surface area contributed by atoms with Crippen LogP contribution in [0.3, 0.4) is 0 Å². The summed E-state index contributed by atoms with van der Waals surface area (Å²) in [5.74, 6) is 0.0372. The monoisotopic (exact) mass is 367 g/mol. The van der Waals surface area contributed by atoms with E-state index < -0.39 is 6.04 Å². The zero-order valence-electron chi connectivity index (χ0n) is 16.8. The minimum absolute atomic E-state index is 0.0372. The molecule has 0 unspecified atom stereocenters. The fraction of sp³-hybridized carbons (Fsp3) is 0.455. The highest BCUT2D eigenvalue weighted by Crippen LogP contribution is 2.38. The van der Waals surface area contributed by atoms with E-state index in [1.807, 2.05) is 11.8 Å². The Bertz CT molecular complexity index is 825. The van der Waals surface area contributed by atoms with E-state index in [9.17, 15) is 9.59 Å². The van der Waals surface area contributed by atoms with E-state index in [0.717, 1.165) is 41.8 Å². The van der Waals surface area contributed by atoms with Gasteiger partial charge in [-0.2, -0.15) is 0 Å². The van der Waals surface area contributed by atoms with Crippen molar-refractivity contribution in [1.82, 2.24) is 15.1 Å². The van der Waals surface area contributed by atoms with E-state index in [1.54, 1.807) is 11.0 Å². The van der Waals surface area contributed by atoms with Gasteiger partial charge in [-0.15, -0.1) is 6.58 Å². The molecule has 0 fully saturated rings. The van der Waals surface area contributed by atoms with E-state index in [0.29, 0.717) is 18.7 Å². The molecule has 2 aliphatic heterocycles. The summed E-state index contributed by atoms with van der Waals surface area (Å²) in [7, 11) is 0. The van der Waals surface area contributed by atoms with Gasteiger partial charge in [0.25, 0.3) is 5.91 Å². The first-order valence-electron chi connectivity index (χ1n) is 9.68. The van der Waals surface area contributed by atoms with Crippen molar-refractivity contribution in [3.8, 4) is 0 Å². The van der Waals surface area contributed by atoms with Crippen LogP contribution in [0.15, 0.2) is 36.1 Å². The third-order valence-electron chi connectivity index (χ3n) is 5.58. The summed E-state index contributed by atoms with van der Waals surface area (Å²) in [6.45, 7) is 13.7. The molecule has 1 N–H and O–H groups in total. The number of nitrogens with zero attached hydrogens (tertiary/aromatic N) is 2. The summed E-state index contributed by atoms with van der Waals surface area (Å²) in [5.41, 5.74) is 5.99. The number of carbonyl (C=O) groups is 2. The normalized spacial score (nSPS) is 19.5. The molecule has 0 aliphatic carbocycles. The lowest BCUT2D eigenvalue weighted by molar-refractivity contribution is -0.125. The highest BCUT2D eigenvalue weighted by Gasteiger charge is 2.43. The molecule has 5 heteroatoms. The van der Waals surface area contributed by atoms with E-state index in [4.69, 9.17) is 0 Å². The average Bonchev–Trinajstić information content (AvgIpc) is 2.95. The molecule has 1 aromatic rings. The first kappa shape index (κ1) is 19.2. The molecule has 0 saturated heterocycles. The van der Waals surface area contributed by atoms with E-state index in [2.05, 4.69) is 44.8 Å². The lowest BCUT2D eigenvalue weighted by Crippen LogP contribution is -2.47. The molecule has 27 heavy (non-hydrogen) atoms. The van der Waals surface area contributed by atoms with Crippen molar-refractivity contribution in [1.29, 1.82) is 0 Å². The predicted molar refractivity (Wildman–Crippen MR) is 107 cm³/mol. The molecular formula is C22H29N3O2. The average molecular weight is 367 g/mol. The van der Waals surface area contributed by atoms with Crippen molar-refractivity contribution >= 4 is 11.9 Å². The molecule has 0 bridgehead atoms. The quantitative estimate of drug-likeness (QED) is 0.779. The number of hydrogen-bond acceptors (Lipinski definition) is 2. The van der Waals surface area contributed by atoms with Gasteiger partial charge in [-0.1, -0.05) is 31.6 Å². The summed E-state index contributed by atoms with van der Waals surface area (Å²) < 4.78 is 0. The van der Waals surface area contributed by atoms with E-state index in [1.165, 1.54) is 5.56 Å². The Hall–Kier alpha value is -2.56. The van der Waals surface area contributed by atoms with E-state index in [-0.39, 0.29) is 11.9 Å². The van der Waals surface area contributed by atoms with Crippen LogP contribution in [0.2, 0.25) is 0 Å². The summed E-state index contributed by atoms with van der Waals surface area (Å²) in [4.78, 5) is 29.5. The second-order valence-corrected chi connectivity index (χ2v) is 7.52. The third-order valence-corrected chi connectivity index (χ3v) is 5.58. The first-order chi connectivity index (χ1) is 12.9. The number of nitrogens with one attached hydrogen (secondary N) is 1. The second kappa shape index (κ2) is 7.59. The van der Waals surface area contributed by atoms with Crippen LogP contribution in [-0.2, 0) is 4.79 Å². The van der Waals surface area contributed by atoms with Gasteiger partial charge in [0.15, 0.2) is 0 Å². The van der Waals surface area contributed by atoms with E-state index >= 15 is 0 Å². The molecule has 2 heterocycles. The Morgan fingerprint density at radius 2 is 1.89 bits per heavy atom. The van der Waals surface area contributed by atoms with Crippen LogP contribution in [0, 0.1) is 20.8 Å². The van der Waals surface area contributed by atoms with Gasteiger partial charge in [0, 0.05) is 13.1 Å². The van der Waals surface area contributed by atoms with Gasteiger partial charge in [-0.25, -0.2) is 4.79 Å². The molecule has 0 spiro atoms. The molecule has 1 atom stereocenters. The topological polar surface area (TPSA) is 52.7 Å². The number of rotatable bonds is 6. The minimum atomic E-state index is -0.396. The Morgan fingerprint density at radius 3 is 2.56 bits per heavy atom. The van der Waals surface area contributed by atoms with Crippen molar-refractivity contribution in [2.24, 2.45) is 0 Å². The number of unbranched alkanes of at least 4 members (excludes halogenated alkanes) is 1. The summed E-state index contributed by atoms with van der Waals surface area (Å²) in [6, 6.07) is 3.67. The molecule has 0 aromatic heterocycles. The van der Waals surface area contributed by atoms with Crippen molar-refractivity contribution in [3.63, 3.8) is 0 Å². The molecule has 2 aliphatic rings. The summed E-state index contributed by atoms with van der Waals surface area (Å²) in [6.07, 6.45) is 3.69. The highest BCUT2D eigenvalue weighted by molar-refractivity contribution is 6.01. The fourth-order valence-corrected chi connectivity index (χ4v) is 3.93. The number of amides is 3. The van der Waals surface area contributed by atoms with Crippen LogP contribution in [0.5, 0.6) is 0 Å². The van der Waals surface area contributed by atoms with Gasteiger partial charge in [0.05, 0.1) is 23.9 Å². The lowest BCUT2D eigenvalue weighted by atomic mass is 9.90. The van der Waals surface area contributed by atoms with Crippen LogP contribution in [0.25, 0.3) is 0 Å². The van der Waals surface area contributed by atoms with Crippen molar-refractivity contribution in [3.05, 3.63) is 58.3 Å². The lowest BCUT2D eigenvalue weighted by Gasteiger charge is -2.33. The zero-order chi connectivity index (χ0) is 19.7. The molecule has 0 radical (unpaired) electrons. The van der Waals surface area contributed by atoms with Gasteiger partial charge in [0.2, 0.25) is 0 Å². The number of benzene rings is 1. The van der Waals surface area contributed by atoms with Crippen molar-refractivity contribution in [2.75, 3.05) is 19.6 Å². The second-order valence-electron chi connectivity index (χ2n) is 7.52. The maximum Gasteiger partial charge on any atom is 0.322 e. The fourth-order valence-electron chi connectivity index (χ4n) is 3.93. The number of urea groups is 1. The number of carbonyl (C=O) groups excluding carboxylic acids is 2. The first-order valence-corrected chi connectivity index (χ1v) is 9.68. The maximum atomic E-state index is 13.2. The molecular weight excluding hydrogens is 338 g/mol. The largest absolute Gasteiger partial charge is 0.333 e. The maximum absolute atomic E-state index is 13.2. The van der Waals surface area contributed by atoms with Gasteiger partial charge < -0.3 is 10.2 Å². The molecule has 0 saturated carbocycles. The number of hydrogen-bond donors (Lipinski definition) is 1. The van der Waals surface area contributed by atoms with Crippen molar-refractivity contribution in [2.45, 2.75) is 46.6 Å². The number of aryl methyl sites for hydroxylation is 3. The van der Waals surface area contributed by atoms with Crippen LogP contribution in [0.1, 0.15) is 48.1 Å². The van der Waals surface area contributed by atoms with Gasteiger partial charge in [-0.05, 0) is 49.4 Å². The van der Waals surface area contributed by atoms with Crippen LogP contribution >= 0.6 is 0 Å². The van der Waals surface area contributed by atoms with Crippen LogP contribution in [-0.4, -0.2) is 41.4 Å². The van der Waals surface area contributed by atoms with Gasteiger partial charge in [0.1, 0.15) is 0 Å². The highest BCUT2D eigenvalue weighted by atomic mass is 16.2.